The fourth-order valence-electron chi connectivity index (χ4n) is 7.23. The number of hydrogen-bond donors (Lipinski definition) is 1. The van der Waals surface area contributed by atoms with Gasteiger partial charge in [0, 0.05) is 37.3 Å². The van der Waals surface area contributed by atoms with Crippen LogP contribution >= 0.6 is 23.2 Å². The summed E-state index contributed by atoms with van der Waals surface area (Å²) in [6.45, 7) is 6.75. The zero-order valence-corrected chi connectivity index (χ0v) is 39.9. The highest BCUT2D eigenvalue weighted by Gasteiger charge is 2.27. The number of carbonyl (C=O) groups is 1. The van der Waals surface area contributed by atoms with Crippen molar-refractivity contribution in [1.29, 1.82) is 0 Å². The van der Waals surface area contributed by atoms with Gasteiger partial charge in [0.1, 0.15) is 11.6 Å². The van der Waals surface area contributed by atoms with E-state index in [1.165, 1.54) is 32.9 Å². The van der Waals surface area contributed by atoms with Crippen molar-refractivity contribution in [2.24, 2.45) is 5.73 Å². The molecule has 2 saturated heterocycles. The molecule has 368 valence electrons. The molecule has 2 aliphatic heterocycles. The van der Waals surface area contributed by atoms with Gasteiger partial charge in [-0.25, -0.2) is 25.6 Å². The number of nitrogens with zero attached hydrogens (tertiary/aromatic N) is 6. The predicted octanol–water partition coefficient (Wildman–Crippen LogP) is 7.20. The summed E-state index contributed by atoms with van der Waals surface area (Å²) in [5, 5.41) is 6.57. The number of morpholine rings is 2. The van der Waals surface area contributed by atoms with E-state index in [2.05, 4.69) is 20.0 Å². The number of sulfonamides is 2. The van der Waals surface area contributed by atoms with Crippen LogP contribution in [0.15, 0.2) is 89.3 Å². The molecule has 23 heteroatoms. The number of ketones is 1. The topological polar surface area (TPSA) is 182 Å². The average Bonchev–Trinajstić information content (AvgIpc) is 3.84. The van der Waals surface area contributed by atoms with Crippen molar-refractivity contribution in [3.8, 4) is 11.5 Å². The number of benzene rings is 4. The molecule has 1 aromatic heterocycles. The highest BCUT2D eigenvalue weighted by Crippen LogP contribution is 2.30. The molecule has 2 aliphatic rings. The third-order valence-corrected chi connectivity index (χ3v) is 15.2. The molecule has 0 unspecified atom stereocenters. The molecule has 3 heterocycles. The lowest BCUT2D eigenvalue weighted by Gasteiger charge is -2.28. The van der Waals surface area contributed by atoms with Gasteiger partial charge in [-0.2, -0.15) is 8.78 Å². The molecule has 68 heavy (non-hydrogen) atoms. The summed E-state index contributed by atoms with van der Waals surface area (Å²) in [6.07, 6.45) is -2.01. The second-order valence-electron chi connectivity index (χ2n) is 15.7. The average molecular weight is 1030 g/mol. The molecule has 0 spiro atoms. The maximum Gasteiger partial charge on any atom is 0.314 e. The Morgan fingerprint density at radius 2 is 1.12 bits per heavy atom. The number of Topliss-reactive ketones (excluding diaryl/α,β-unsaturated/α-hetero) is 1. The van der Waals surface area contributed by atoms with Crippen LogP contribution in [0, 0.1) is 11.6 Å². The summed E-state index contributed by atoms with van der Waals surface area (Å²) in [4.78, 5) is 16.1. The molecule has 7 rings (SSSR count). The number of hydrogen-bond acceptors (Lipinski definition) is 13. The van der Waals surface area contributed by atoms with E-state index in [1.54, 1.807) is 48.5 Å². The standard InChI is InChI=1S/C23H24ClF3N4O4S.C22H27ClFN3O4S/c24-19-14-18(6-7-20(19)25)31(36(32,33)13-1-8-30-9-11-34-12-10-30)15-16-2-4-17(5-3-16)22-28-29-23(35-22)21(26)27;23-20-14-19(6-7-21(20)24)27(16-17-2-4-18(5-3-17)22(28)15-25)32(29,30)13-1-8-26-9-11-31-12-10-26/h2-7,14,21H,1,8-13,15H2;2-7,14H,1,8-13,15-16,25H2. The largest absolute Gasteiger partial charge is 0.415 e. The van der Waals surface area contributed by atoms with Gasteiger partial charge in [-0.3, -0.25) is 23.2 Å². The number of halogens is 6. The first-order valence-corrected chi connectivity index (χ1v) is 25.5. The Labute approximate surface area is 402 Å². The van der Waals surface area contributed by atoms with E-state index in [0.717, 1.165) is 38.3 Å². The van der Waals surface area contributed by atoms with Gasteiger partial charge in [-0.15, -0.1) is 10.2 Å². The van der Waals surface area contributed by atoms with Crippen molar-refractivity contribution >= 4 is 60.4 Å². The minimum absolute atomic E-state index is 0.0267. The molecule has 0 aliphatic carbocycles. The number of ether oxygens (including phenoxy) is 2. The highest BCUT2D eigenvalue weighted by molar-refractivity contribution is 7.93. The van der Waals surface area contributed by atoms with Gasteiger partial charge < -0.3 is 19.6 Å². The Balaban J connectivity index is 0.000000226. The summed E-state index contributed by atoms with van der Waals surface area (Å²) in [5.41, 5.74) is 8.05. The highest BCUT2D eigenvalue weighted by atomic mass is 35.5. The van der Waals surface area contributed by atoms with Crippen molar-refractivity contribution in [1.82, 2.24) is 20.0 Å². The van der Waals surface area contributed by atoms with Crippen LogP contribution in [0.2, 0.25) is 10.0 Å². The van der Waals surface area contributed by atoms with Crippen LogP contribution in [-0.4, -0.2) is 126 Å². The zero-order valence-electron chi connectivity index (χ0n) is 36.8. The summed E-state index contributed by atoms with van der Waals surface area (Å²) in [5.74, 6) is -2.51. The van der Waals surface area contributed by atoms with Crippen molar-refractivity contribution in [2.75, 3.05) is 92.4 Å². The zero-order chi connectivity index (χ0) is 48.8. The van der Waals surface area contributed by atoms with Crippen LogP contribution in [-0.2, 0) is 42.6 Å². The smallest absolute Gasteiger partial charge is 0.314 e. The second-order valence-corrected chi connectivity index (χ2v) is 20.6. The van der Waals surface area contributed by atoms with Crippen molar-refractivity contribution in [2.45, 2.75) is 32.4 Å². The Kier molecular flexibility index (Phi) is 19.1. The van der Waals surface area contributed by atoms with E-state index in [9.17, 15) is 39.2 Å². The number of aromatic nitrogens is 2. The van der Waals surface area contributed by atoms with Crippen LogP contribution < -0.4 is 14.3 Å². The number of alkyl halides is 2. The quantitative estimate of drug-likeness (QED) is 0.0611. The molecule has 15 nitrogen and oxygen atoms in total. The number of carbonyl (C=O) groups excluding carboxylic acids is 1. The maximum atomic E-state index is 13.8. The van der Waals surface area contributed by atoms with Gasteiger partial charge in [0.25, 0.3) is 5.89 Å². The van der Waals surface area contributed by atoms with Crippen LogP contribution in [0.5, 0.6) is 0 Å². The van der Waals surface area contributed by atoms with Gasteiger partial charge in [0.15, 0.2) is 5.78 Å². The van der Waals surface area contributed by atoms with E-state index in [4.69, 9.17) is 42.8 Å². The second kappa shape index (κ2) is 24.7. The molecule has 0 bridgehead atoms. The van der Waals surface area contributed by atoms with Gasteiger partial charge in [-0.1, -0.05) is 59.6 Å². The Morgan fingerprint density at radius 1 is 0.676 bits per heavy atom. The van der Waals surface area contributed by atoms with Gasteiger partial charge in [0.05, 0.1) is 79.0 Å². The lowest BCUT2D eigenvalue weighted by atomic mass is 10.1. The van der Waals surface area contributed by atoms with Gasteiger partial charge in [0.2, 0.25) is 25.9 Å². The van der Waals surface area contributed by atoms with Crippen molar-refractivity contribution in [3.63, 3.8) is 0 Å². The van der Waals surface area contributed by atoms with Crippen molar-refractivity contribution < 1.29 is 53.1 Å². The molecule has 2 fully saturated rings. The molecule has 5 aromatic rings. The monoisotopic (exact) mass is 1030 g/mol. The third-order valence-electron chi connectivity index (χ3n) is 11.0. The molecule has 0 atom stereocenters. The lowest BCUT2D eigenvalue weighted by Crippen LogP contribution is -2.38. The van der Waals surface area contributed by atoms with Gasteiger partial charge >= 0.3 is 6.43 Å². The lowest BCUT2D eigenvalue weighted by molar-refractivity contribution is 0.0380. The van der Waals surface area contributed by atoms with E-state index >= 15 is 0 Å². The van der Waals surface area contributed by atoms with E-state index in [1.807, 2.05) is 0 Å². The molecular formula is C45H51Cl2F4N7O8S2. The summed E-state index contributed by atoms with van der Waals surface area (Å²) in [7, 11) is -7.53. The van der Waals surface area contributed by atoms with Crippen molar-refractivity contribution in [3.05, 3.63) is 129 Å². The van der Waals surface area contributed by atoms with Gasteiger partial charge in [-0.05, 0) is 85.6 Å². The number of rotatable bonds is 20. The predicted molar refractivity (Wildman–Crippen MR) is 251 cm³/mol. The Hall–Kier alpha value is -4.71. The number of anilines is 2. The summed E-state index contributed by atoms with van der Waals surface area (Å²) < 4.78 is 124. The summed E-state index contributed by atoms with van der Waals surface area (Å²) >= 11 is 11.9. The third kappa shape index (κ3) is 14.9. The minimum Gasteiger partial charge on any atom is -0.415 e. The van der Waals surface area contributed by atoms with Crippen LogP contribution in [0.3, 0.4) is 0 Å². The molecule has 0 saturated carbocycles. The van der Waals surface area contributed by atoms with Crippen LogP contribution in [0.1, 0.15) is 46.6 Å². The van der Waals surface area contributed by atoms with E-state index < -0.39 is 44.0 Å². The van der Waals surface area contributed by atoms with Crippen LogP contribution in [0.25, 0.3) is 11.5 Å². The Morgan fingerprint density at radius 3 is 1.51 bits per heavy atom. The molecule has 0 amide bonds. The summed E-state index contributed by atoms with van der Waals surface area (Å²) in [6, 6.07) is 20.6. The first-order valence-electron chi connectivity index (χ1n) is 21.6. The minimum atomic E-state index is -3.80. The SMILES string of the molecule is NCC(=O)c1ccc(CN(c2ccc(F)c(Cl)c2)S(=O)(=O)CCCN2CCOCC2)cc1.O=S(=O)(CCCN1CCOCC1)N(Cc1ccc(-c2nnc(C(F)F)o2)cc1)c1ccc(F)c(Cl)c1. The fourth-order valence-corrected chi connectivity index (χ4v) is 10.6. The van der Waals surface area contributed by atoms with E-state index in [-0.39, 0.29) is 64.2 Å². The molecular weight excluding hydrogens is 978 g/mol. The Bertz CT molecular complexity index is 2660. The first kappa shape index (κ1) is 52.7. The van der Waals surface area contributed by atoms with E-state index in [0.29, 0.717) is 74.6 Å². The fraction of sp³-hybridized carbons (Fsp3) is 0.400. The molecule has 4 aromatic carbocycles. The van der Waals surface area contributed by atoms with Crippen LogP contribution in [0.4, 0.5) is 28.9 Å². The molecule has 0 radical (unpaired) electrons. The maximum absolute atomic E-state index is 13.8. The molecule has 2 N–H and O–H groups in total. The first-order chi connectivity index (χ1) is 32.5. The normalized spacial score (nSPS) is 14.9. The number of nitrogens with two attached hydrogens (primary N) is 1.